The van der Waals surface area contributed by atoms with Gasteiger partial charge in [0.05, 0.1) is 6.61 Å². The molecule has 1 saturated carbocycles. The van der Waals surface area contributed by atoms with Crippen LogP contribution in [0.25, 0.3) is 6.08 Å². The van der Waals surface area contributed by atoms with E-state index in [1.165, 1.54) is 32.1 Å². The van der Waals surface area contributed by atoms with Gasteiger partial charge in [0.2, 0.25) is 0 Å². The van der Waals surface area contributed by atoms with E-state index in [4.69, 9.17) is 9.47 Å². The Hall–Kier alpha value is -2.46. The van der Waals surface area contributed by atoms with Crippen LogP contribution in [0.2, 0.25) is 0 Å². The molecule has 0 heterocycles. The molecule has 0 N–H and O–H groups in total. The van der Waals surface area contributed by atoms with Gasteiger partial charge in [-0.1, -0.05) is 52.7 Å². The minimum Gasteiger partial charge on any atom is -0.492 e. The Morgan fingerprint density at radius 2 is 1.46 bits per heavy atom. The molecule has 0 amide bonds. The molecule has 2 aromatic rings. The predicted octanol–water partition coefficient (Wildman–Crippen LogP) is 10.4. The second kappa shape index (κ2) is 14.1. The van der Waals surface area contributed by atoms with Crippen molar-refractivity contribution in [2.24, 2.45) is 5.41 Å². The first-order valence-electron chi connectivity index (χ1n) is 15.2. The van der Waals surface area contributed by atoms with E-state index in [9.17, 15) is 4.79 Å². The van der Waals surface area contributed by atoms with E-state index in [1.54, 1.807) is 6.08 Å². The molecule has 3 rings (SSSR count). The topological polar surface area (TPSA) is 35.5 Å². The van der Waals surface area contributed by atoms with Crippen molar-refractivity contribution in [1.82, 2.24) is 0 Å². The van der Waals surface area contributed by atoms with Crippen LogP contribution in [-0.2, 0) is 0 Å². The number of aryl methyl sites for hydroxylation is 4. The van der Waals surface area contributed by atoms with Crippen LogP contribution in [0.4, 0.5) is 0 Å². The fourth-order valence-corrected chi connectivity index (χ4v) is 6.78. The Morgan fingerprint density at radius 1 is 0.902 bits per heavy atom. The fourth-order valence-electron chi connectivity index (χ4n) is 5.60. The maximum absolute atomic E-state index is 13.1. The highest BCUT2D eigenvalue weighted by atomic mass is 32.2. The Labute approximate surface area is 254 Å². The zero-order valence-electron chi connectivity index (χ0n) is 27.0. The molecule has 1 aliphatic rings. The van der Waals surface area contributed by atoms with Gasteiger partial charge >= 0.3 is 0 Å². The molecule has 0 radical (unpaired) electrons. The summed E-state index contributed by atoms with van der Waals surface area (Å²) in [6.45, 7) is 24.0. The first kappa shape index (κ1) is 33.0. The third-order valence-corrected chi connectivity index (χ3v) is 9.19. The first-order chi connectivity index (χ1) is 19.2. The van der Waals surface area contributed by atoms with Crippen LogP contribution in [0.5, 0.6) is 11.5 Å². The summed E-state index contributed by atoms with van der Waals surface area (Å²) < 4.78 is 12.7. The maximum atomic E-state index is 13.1. The SMILES string of the molecule is C=C(CC(C)(C)C)C(C)(C)Oc1c(C)cc(/C=C/C(=O)c2cc(C)c(OCCSC3CCCCC3)c(C)c2)cc1C. The summed E-state index contributed by atoms with van der Waals surface area (Å²) in [6, 6.07) is 8.05. The molecule has 0 aliphatic heterocycles. The molecule has 1 aliphatic carbocycles. The highest BCUT2D eigenvalue weighted by Gasteiger charge is 2.28. The molecule has 3 nitrogen and oxygen atoms in total. The van der Waals surface area contributed by atoms with E-state index in [1.807, 2.05) is 43.8 Å². The molecule has 0 atom stereocenters. The summed E-state index contributed by atoms with van der Waals surface area (Å²) in [7, 11) is 0. The molecular formula is C37H52O3S. The van der Waals surface area contributed by atoms with Gasteiger partial charge in [-0.25, -0.2) is 0 Å². The molecule has 0 spiro atoms. The maximum Gasteiger partial charge on any atom is 0.185 e. The van der Waals surface area contributed by atoms with Gasteiger partial charge in [0, 0.05) is 16.6 Å². The zero-order valence-corrected chi connectivity index (χ0v) is 27.9. The van der Waals surface area contributed by atoms with Gasteiger partial charge < -0.3 is 9.47 Å². The number of carbonyl (C=O) groups is 1. The van der Waals surface area contributed by atoms with Crippen LogP contribution in [0.15, 0.2) is 42.5 Å². The van der Waals surface area contributed by atoms with Gasteiger partial charge in [-0.3, -0.25) is 4.79 Å². The van der Waals surface area contributed by atoms with Crippen LogP contribution in [0, 0.1) is 33.1 Å². The number of hydrogen-bond donors (Lipinski definition) is 0. The lowest BCUT2D eigenvalue weighted by atomic mass is 9.82. The number of allylic oxidation sites excluding steroid dienone is 1. The van der Waals surface area contributed by atoms with E-state index in [0.717, 1.165) is 62.3 Å². The summed E-state index contributed by atoms with van der Waals surface area (Å²) in [6.07, 6.45) is 11.3. The van der Waals surface area contributed by atoms with Gasteiger partial charge in [-0.2, -0.15) is 11.8 Å². The molecule has 224 valence electrons. The number of ether oxygens (including phenoxy) is 2. The number of thioether (sulfide) groups is 1. The summed E-state index contributed by atoms with van der Waals surface area (Å²) in [5, 5.41) is 0.794. The van der Waals surface area contributed by atoms with Crippen LogP contribution in [0.3, 0.4) is 0 Å². The van der Waals surface area contributed by atoms with E-state index in [-0.39, 0.29) is 11.2 Å². The van der Waals surface area contributed by atoms with Gasteiger partial charge in [0.1, 0.15) is 17.1 Å². The lowest BCUT2D eigenvalue weighted by molar-refractivity contribution is 0.104. The van der Waals surface area contributed by atoms with E-state index in [0.29, 0.717) is 12.2 Å². The van der Waals surface area contributed by atoms with Crippen molar-refractivity contribution >= 4 is 23.6 Å². The lowest BCUT2D eigenvalue weighted by Crippen LogP contribution is -2.32. The summed E-state index contributed by atoms with van der Waals surface area (Å²) >= 11 is 2.05. The third-order valence-electron chi connectivity index (χ3n) is 7.84. The fraction of sp³-hybridized carbons (Fsp3) is 0.541. The second-order valence-electron chi connectivity index (χ2n) is 13.6. The normalized spacial score (nSPS) is 14.9. The Morgan fingerprint density at radius 3 is 2.02 bits per heavy atom. The van der Waals surface area contributed by atoms with Crippen molar-refractivity contribution in [3.8, 4) is 11.5 Å². The molecule has 0 unspecified atom stereocenters. The second-order valence-corrected chi connectivity index (χ2v) is 15.0. The molecule has 0 saturated heterocycles. The van der Waals surface area contributed by atoms with Crippen LogP contribution in [0.1, 0.15) is 111 Å². The average molecular weight is 577 g/mol. The van der Waals surface area contributed by atoms with Crippen LogP contribution in [-0.4, -0.2) is 29.0 Å². The molecule has 4 heteroatoms. The quantitative estimate of drug-likeness (QED) is 0.109. The highest BCUT2D eigenvalue weighted by Crippen LogP contribution is 2.36. The molecule has 0 bridgehead atoms. The molecule has 1 fully saturated rings. The summed E-state index contributed by atoms with van der Waals surface area (Å²) in [5.74, 6) is 2.79. The van der Waals surface area contributed by atoms with Crippen molar-refractivity contribution < 1.29 is 14.3 Å². The molecule has 2 aromatic carbocycles. The number of ketones is 1. The van der Waals surface area contributed by atoms with Crippen molar-refractivity contribution in [3.05, 3.63) is 75.9 Å². The number of benzene rings is 2. The van der Waals surface area contributed by atoms with Gasteiger partial charge in [-0.05, 0) is 130 Å². The Bertz CT molecular complexity index is 1210. The standard InChI is InChI=1S/C37H52O3S/c1-25-20-30(21-26(2)35(25)40-37(9,10)29(5)24-36(6,7)8)16-17-33(38)31-22-27(3)34(28(4)23-31)39-18-19-41-32-14-12-11-13-15-32/h16-17,20-23,32H,5,11-15,18-19,24H2,1-4,6-10H3/b17-16+. The van der Waals surface area contributed by atoms with Crippen LogP contribution >= 0.6 is 11.8 Å². The minimum atomic E-state index is -0.476. The zero-order chi connectivity index (χ0) is 30.4. The smallest absolute Gasteiger partial charge is 0.185 e. The van der Waals surface area contributed by atoms with Crippen molar-refractivity contribution in [2.45, 2.75) is 112 Å². The number of hydrogen-bond acceptors (Lipinski definition) is 4. The first-order valence-corrected chi connectivity index (χ1v) is 16.3. The molecule has 41 heavy (non-hydrogen) atoms. The van der Waals surface area contributed by atoms with Crippen molar-refractivity contribution in [3.63, 3.8) is 0 Å². The highest BCUT2D eigenvalue weighted by molar-refractivity contribution is 7.99. The van der Waals surface area contributed by atoms with Gasteiger partial charge in [-0.15, -0.1) is 0 Å². The van der Waals surface area contributed by atoms with Crippen molar-refractivity contribution in [1.29, 1.82) is 0 Å². The molecule has 0 aromatic heterocycles. The van der Waals surface area contributed by atoms with Gasteiger partial charge in [0.25, 0.3) is 0 Å². The largest absolute Gasteiger partial charge is 0.492 e. The van der Waals surface area contributed by atoms with Crippen molar-refractivity contribution in [2.75, 3.05) is 12.4 Å². The summed E-state index contributed by atoms with van der Waals surface area (Å²) in [4.78, 5) is 13.1. The third kappa shape index (κ3) is 9.81. The molecular weight excluding hydrogens is 524 g/mol. The van der Waals surface area contributed by atoms with E-state index < -0.39 is 5.60 Å². The predicted molar refractivity (Wildman–Crippen MR) is 178 cm³/mol. The summed E-state index contributed by atoms with van der Waals surface area (Å²) in [5.41, 5.74) is 6.53. The van der Waals surface area contributed by atoms with E-state index >= 15 is 0 Å². The Kier molecular flexibility index (Phi) is 11.4. The van der Waals surface area contributed by atoms with E-state index in [2.05, 4.69) is 67.2 Å². The Balaban J connectivity index is 1.63. The number of rotatable bonds is 12. The average Bonchev–Trinajstić information content (AvgIpc) is 2.88. The number of carbonyl (C=O) groups excluding carboxylic acids is 1. The lowest BCUT2D eigenvalue weighted by Gasteiger charge is -2.33. The van der Waals surface area contributed by atoms with Crippen LogP contribution < -0.4 is 9.47 Å². The minimum absolute atomic E-state index is 0.00847. The monoisotopic (exact) mass is 576 g/mol. The van der Waals surface area contributed by atoms with Gasteiger partial charge in [0.15, 0.2) is 5.78 Å².